The Kier molecular flexibility index (Phi) is 3.97. The predicted molar refractivity (Wildman–Crippen MR) is 72.7 cm³/mol. The zero-order valence-electron chi connectivity index (χ0n) is 10.4. The number of hydrogen-bond donors (Lipinski definition) is 1. The summed E-state index contributed by atoms with van der Waals surface area (Å²) >= 11 is 0. The monoisotopic (exact) mass is 230 g/mol. The van der Waals surface area contributed by atoms with Gasteiger partial charge in [-0.25, -0.2) is 0 Å². The van der Waals surface area contributed by atoms with E-state index in [2.05, 4.69) is 41.8 Å². The van der Waals surface area contributed by atoms with Crippen molar-refractivity contribution in [3.8, 4) is 0 Å². The average Bonchev–Trinajstić information content (AvgIpc) is 2.30. The Bertz CT molecular complexity index is 360. The van der Waals surface area contributed by atoms with Gasteiger partial charge in [0.1, 0.15) is 0 Å². The van der Waals surface area contributed by atoms with Gasteiger partial charge in [0.05, 0.1) is 0 Å². The molecule has 2 nitrogen and oxygen atoms in total. The number of hydrogen-bond acceptors (Lipinski definition) is 2. The summed E-state index contributed by atoms with van der Waals surface area (Å²) in [6.07, 6.45) is 5.17. The molecule has 0 unspecified atom stereocenters. The fourth-order valence-electron chi connectivity index (χ4n) is 2.69. The zero-order valence-corrected chi connectivity index (χ0v) is 10.4. The first-order chi connectivity index (χ1) is 8.22. The van der Waals surface area contributed by atoms with E-state index in [4.69, 9.17) is 5.73 Å². The molecule has 1 aromatic rings. The van der Waals surface area contributed by atoms with Crippen LogP contribution in [0.4, 0.5) is 0 Å². The summed E-state index contributed by atoms with van der Waals surface area (Å²) in [6.45, 7) is 6.96. The maximum absolute atomic E-state index is 6.40. The Labute approximate surface area is 104 Å². The fraction of sp³-hybridized carbons (Fsp3) is 0.467. The van der Waals surface area contributed by atoms with Gasteiger partial charge in [0.25, 0.3) is 0 Å². The smallest absolute Gasteiger partial charge is 0.0318 e. The molecular formula is C15H22N2. The highest BCUT2D eigenvalue weighted by Gasteiger charge is 2.30. The SMILES string of the molecule is C=CC[C@@]1(N)CCCN(Cc2ccccc2)C1. The topological polar surface area (TPSA) is 29.3 Å². The number of rotatable bonds is 4. The van der Waals surface area contributed by atoms with Gasteiger partial charge in [-0.1, -0.05) is 36.4 Å². The second-order valence-electron chi connectivity index (χ2n) is 5.15. The third kappa shape index (κ3) is 3.42. The van der Waals surface area contributed by atoms with Crippen LogP contribution in [0.2, 0.25) is 0 Å². The molecule has 92 valence electrons. The van der Waals surface area contributed by atoms with Gasteiger partial charge in [0, 0.05) is 18.6 Å². The number of likely N-dealkylation sites (tertiary alicyclic amines) is 1. The van der Waals surface area contributed by atoms with E-state index in [1.807, 2.05) is 6.08 Å². The molecule has 2 rings (SSSR count). The molecule has 0 bridgehead atoms. The predicted octanol–water partition coefficient (Wildman–Crippen LogP) is 2.56. The molecule has 2 N–H and O–H groups in total. The van der Waals surface area contributed by atoms with Crippen molar-refractivity contribution in [2.24, 2.45) is 5.73 Å². The minimum absolute atomic E-state index is 0.0607. The number of nitrogens with zero attached hydrogens (tertiary/aromatic N) is 1. The molecule has 0 aromatic heterocycles. The minimum Gasteiger partial charge on any atom is -0.324 e. The van der Waals surface area contributed by atoms with Crippen molar-refractivity contribution in [2.45, 2.75) is 31.3 Å². The lowest BCUT2D eigenvalue weighted by atomic mass is 9.87. The number of piperidine rings is 1. The van der Waals surface area contributed by atoms with Crippen molar-refractivity contribution in [1.82, 2.24) is 4.90 Å². The van der Waals surface area contributed by atoms with Gasteiger partial charge in [-0.2, -0.15) is 0 Å². The molecule has 1 aromatic carbocycles. The van der Waals surface area contributed by atoms with Gasteiger partial charge in [-0.05, 0) is 31.4 Å². The van der Waals surface area contributed by atoms with E-state index in [1.165, 1.54) is 12.0 Å². The molecule has 0 spiro atoms. The summed E-state index contributed by atoms with van der Waals surface area (Å²) in [5.41, 5.74) is 7.71. The van der Waals surface area contributed by atoms with Gasteiger partial charge in [-0.3, -0.25) is 4.90 Å². The van der Waals surface area contributed by atoms with E-state index >= 15 is 0 Å². The highest BCUT2D eigenvalue weighted by atomic mass is 15.2. The molecule has 1 aliphatic heterocycles. The van der Waals surface area contributed by atoms with Crippen molar-refractivity contribution in [1.29, 1.82) is 0 Å². The van der Waals surface area contributed by atoms with Crippen LogP contribution in [0.5, 0.6) is 0 Å². The summed E-state index contributed by atoms with van der Waals surface area (Å²) in [6, 6.07) is 10.6. The van der Waals surface area contributed by atoms with Crippen LogP contribution in [-0.4, -0.2) is 23.5 Å². The minimum atomic E-state index is -0.0607. The molecule has 0 saturated carbocycles. The first-order valence-corrected chi connectivity index (χ1v) is 6.38. The van der Waals surface area contributed by atoms with Gasteiger partial charge < -0.3 is 5.73 Å². The van der Waals surface area contributed by atoms with Crippen molar-refractivity contribution in [3.05, 3.63) is 48.6 Å². The quantitative estimate of drug-likeness (QED) is 0.805. The first-order valence-electron chi connectivity index (χ1n) is 6.38. The number of benzene rings is 1. The van der Waals surface area contributed by atoms with Crippen LogP contribution in [0.25, 0.3) is 0 Å². The first kappa shape index (κ1) is 12.3. The average molecular weight is 230 g/mol. The molecule has 0 aliphatic carbocycles. The van der Waals surface area contributed by atoms with E-state index in [1.54, 1.807) is 0 Å². The molecule has 1 saturated heterocycles. The molecule has 2 heteroatoms. The third-order valence-corrected chi connectivity index (χ3v) is 3.49. The Hall–Kier alpha value is -1.12. The Morgan fingerprint density at radius 1 is 1.35 bits per heavy atom. The highest BCUT2D eigenvalue weighted by molar-refractivity contribution is 5.14. The van der Waals surface area contributed by atoms with E-state index < -0.39 is 0 Å². The maximum atomic E-state index is 6.40. The second kappa shape index (κ2) is 5.48. The van der Waals surface area contributed by atoms with Crippen LogP contribution in [0.15, 0.2) is 43.0 Å². The normalized spacial score (nSPS) is 25.7. The summed E-state index contributed by atoms with van der Waals surface area (Å²) < 4.78 is 0. The molecule has 1 fully saturated rings. The highest BCUT2D eigenvalue weighted by Crippen LogP contribution is 2.23. The van der Waals surface area contributed by atoms with Gasteiger partial charge in [0.15, 0.2) is 0 Å². The summed E-state index contributed by atoms with van der Waals surface area (Å²) in [5.74, 6) is 0. The molecule has 0 radical (unpaired) electrons. The number of nitrogens with two attached hydrogens (primary N) is 1. The van der Waals surface area contributed by atoms with Crippen LogP contribution < -0.4 is 5.73 Å². The summed E-state index contributed by atoms with van der Waals surface area (Å²) in [7, 11) is 0. The summed E-state index contributed by atoms with van der Waals surface area (Å²) in [5, 5.41) is 0. The lowest BCUT2D eigenvalue weighted by Crippen LogP contribution is -2.53. The van der Waals surface area contributed by atoms with Crippen LogP contribution >= 0.6 is 0 Å². The molecule has 1 heterocycles. The molecule has 1 atom stereocenters. The van der Waals surface area contributed by atoms with Crippen molar-refractivity contribution >= 4 is 0 Å². The maximum Gasteiger partial charge on any atom is 0.0318 e. The van der Waals surface area contributed by atoms with E-state index in [9.17, 15) is 0 Å². The van der Waals surface area contributed by atoms with E-state index in [-0.39, 0.29) is 5.54 Å². The van der Waals surface area contributed by atoms with Gasteiger partial charge >= 0.3 is 0 Å². The van der Waals surface area contributed by atoms with Gasteiger partial charge in [-0.15, -0.1) is 6.58 Å². The van der Waals surface area contributed by atoms with E-state index in [0.717, 1.165) is 32.5 Å². The van der Waals surface area contributed by atoms with Crippen LogP contribution in [0.3, 0.4) is 0 Å². The lowest BCUT2D eigenvalue weighted by molar-refractivity contribution is 0.144. The molecule has 17 heavy (non-hydrogen) atoms. The largest absolute Gasteiger partial charge is 0.324 e. The molecule has 0 amide bonds. The van der Waals surface area contributed by atoms with Crippen LogP contribution in [0.1, 0.15) is 24.8 Å². The van der Waals surface area contributed by atoms with Crippen LogP contribution in [-0.2, 0) is 6.54 Å². The second-order valence-corrected chi connectivity index (χ2v) is 5.15. The lowest BCUT2D eigenvalue weighted by Gasteiger charge is -2.40. The molecular weight excluding hydrogens is 208 g/mol. The third-order valence-electron chi connectivity index (χ3n) is 3.49. The van der Waals surface area contributed by atoms with Crippen molar-refractivity contribution < 1.29 is 0 Å². The summed E-state index contributed by atoms with van der Waals surface area (Å²) in [4.78, 5) is 2.46. The van der Waals surface area contributed by atoms with E-state index in [0.29, 0.717) is 0 Å². The van der Waals surface area contributed by atoms with Crippen molar-refractivity contribution in [3.63, 3.8) is 0 Å². The zero-order chi connectivity index (χ0) is 12.1. The Balaban J connectivity index is 1.96. The standard InChI is InChI=1S/C15H22N2/c1-2-9-15(16)10-6-11-17(13-15)12-14-7-4-3-5-8-14/h2-5,7-8H,1,6,9-13,16H2/t15-/m1/s1. The van der Waals surface area contributed by atoms with Crippen LogP contribution in [0, 0.1) is 0 Å². The Morgan fingerprint density at radius 3 is 2.82 bits per heavy atom. The van der Waals surface area contributed by atoms with Crippen molar-refractivity contribution in [2.75, 3.05) is 13.1 Å². The van der Waals surface area contributed by atoms with Gasteiger partial charge in [0.2, 0.25) is 0 Å². The molecule has 1 aliphatic rings. The Morgan fingerprint density at radius 2 is 2.12 bits per heavy atom. The fourth-order valence-corrected chi connectivity index (χ4v) is 2.69.